The standard InChI is InChI=1S/C6H4IOP/c7-5-2-1-3-6(4-5)9-8/h1-4H/p+1. The Balaban J connectivity index is 3.07. The van der Waals surface area contributed by atoms with Gasteiger partial charge in [-0.1, -0.05) is 10.6 Å². The lowest BCUT2D eigenvalue weighted by molar-refractivity contribution is 0.603. The Labute approximate surface area is 68.8 Å². The van der Waals surface area contributed by atoms with Crippen molar-refractivity contribution in [3.05, 3.63) is 27.8 Å². The van der Waals surface area contributed by atoms with Crippen molar-refractivity contribution in [3.63, 3.8) is 0 Å². The summed E-state index contributed by atoms with van der Waals surface area (Å²) in [4.78, 5) is 0. The first kappa shape index (κ1) is 7.16. The Kier molecular flexibility index (Phi) is 2.61. The van der Waals surface area contributed by atoms with Crippen LogP contribution >= 0.6 is 31.1 Å². The summed E-state index contributed by atoms with van der Waals surface area (Å²) in [5, 5.41) is 0.891. The third-order valence-corrected chi connectivity index (χ3v) is 2.16. The molecule has 0 fully saturated rings. The molecule has 9 heavy (non-hydrogen) atoms. The monoisotopic (exact) mass is 251 g/mol. The van der Waals surface area contributed by atoms with E-state index in [9.17, 15) is 4.57 Å². The van der Waals surface area contributed by atoms with Crippen LogP contribution in [0.2, 0.25) is 0 Å². The Morgan fingerprint density at radius 2 is 2.22 bits per heavy atom. The second-order valence-corrected chi connectivity index (χ2v) is 3.64. The molecule has 0 N–H and O–H groups in total. The second-order valence-electron chi connectivity index (χ2n) is 1.61. The van der Waals surface area contributed by atoms with Crippen molar-refractivity contribution < 1.29 is 4.57 Å². The van der Waals surface area contributed by atoms with Gasteiger partial charge in [-0.25, -0.2) is 0 Å². The Morgan fingerprint density at radius 1 is 1.44 bits per heavy atom. The molecule has 1 atom stereocenters. The zero-order chi connectivity index (χ0) is 6.69. The first-order valence-corrected chi connectivity index (χ1v) is 4.45. The first-order valence-electron chi connectivity index (χ1n) is 2.46. The molecule has 0 aliphatic carbocycles. The van der Waals surface area contributed by atoms with E-state index in [2.05, 4.69) is 22.6 Å². The maximum absolute atomic E-state index is 10.3. The molecule has 0 bridgehead atoms. The molecule has 1 aromatic carbocycles. The van der Waals surface area contributed by atoms with Crippen molar-refractivity contribution in [1.82, 2.24) is 0 Å². The molecule has 46 valence electrons. The summed E-state index contributed by atoms with van der Waals surface area (Å²) in [6.45, 7) is 0. The van der Waals surface area contributed by atoms with Crippen molar-refractivity contribution in [2.75, 3.05) is 0 Å². The topological polar surface area (TPSA) is 17.1 Å². The molecular formula is C6H5IOP+. The number of rotatable bonds is 1. The quantitative estimate of drug-likeness (QED) is 0.550. The highest BCUT2D eigenvalue weighted by Gasteiger charge is 1.96. The van der Waals surface area contributed by atoms with Crippen LogP contribution in [0.5, 0.6) is 0 Å². The molecule has 0 saturated heterocycles. The van der Waals surface area contributed by atoms with E-state index >= 15 is 0 Å². The van der Waals surface area contributed by atoms with Crippen LogP contribution in [0.25, 0.3) is 0 Å². The largest absolute Gasteiger partial charge is 0.363 e. The van der Waals surface area contributed by atoms with Gasteiger partial charge < -0.3 is 0 Å². The number of benzene rings is 1. The van der Waals surface area contributed by atoms with Gasteiger partial charge in [0.05, 0.1) is 0 Å². The van der Waals surface area contributed by atoms with E-state index in [0.717, 1.165) is 8.87 Å². The van der Waals surface area contributed by atoms with Crippen LogP contribution in [-0.4, -0.2) is 0 Å². The fraction of sp³-hybridized carbons (Fsp3) is 0. The minimum atomic E-state index is -0.328. The van der Waals surface area contributed by atoms with Crippen LogP contribution in [0.3, 0.4) is 0 Å². The molecule has 0 heterocycles. The first-order chi connectivity index (χ1) is 4.33. The highest BCUT2D eigenvalue weighted by atomic mass is 127. The van der Waals surface area contributed by atoms with Gasteiger partial charge in [-0.3, -0.25) is 0 Å². The summed E-state index contributed by atoms with van der Waals surface area (Å²) in [6.07, 6.45) is 0. The third kappa shape index (κ3) is 2.03. The fourth-order valence-electron chi connectivity index (χ4n) is 0.552. The lowest BCUT2D eigenvalue weighted by atomic mass is 10.4. The van der Waals surface area contributed by atoms with Crippen LogP contribution < -0.4 is 5.30 Å². The molecule has 1 unspecified atom stereocenters. The van der Waals surface area contributed by atoms with Crippen molar-refractivity contribution >= 4 is 36.4 Å². The van der Waals surface area contributed by atoms with Gasteiger partial charge in [-0.15, -0.1) is 0 Å². The highest BCUT2D eigenvalue weighted by Crippen LogP contribution is 2.03. The molecule has 0 aliphatic rings. The van der Waals surface area contributed by atoms with Crippen molar-refractivity contribution in [1.29, 1.82) is 0 Å². The van der Waals surface area contributed by atoms with E-state index in [-0.39, 0.29) is 8.46 Å². The van der Waals surface area contributed by atoms with E-state index in [1.54, 1.807) is 0 Å². The molecule has 0 radical (unpaired) electrons. The maximum atomic E-state index is 10.3. The number of hydrogen-bond donors (Lipinski definition) is 0. The van der Waals surface area contributed by atoms with Gasteiger partial charge in [0.2, 0.25) is 0 Å². The smallest absolute Gasteiger partial charge is 0.0707 e. The molecule has 0 amide bonds. The van der Waals surface area contributed by atoms with Gasteiger partial charge in [-0.2, -0.15) is 0 Å². The average Bonchev–Trinajstić information content (AvgIpc) is 1.88. The van der Waals surface area contributed by atoms with E-state index in [4.69, 9.17) is 0 Å². The lowest BCUT2D eigenvalue weighted by Crippen LogP contribution is -1.88. The maximum Gasteiger partial charge on any atom is 0.363 e. The summed E-state index contributed by atoms with van der Waals surface area (Å²) < 4.78 is 11.4. The molecule has 0 saturated carbocycles. The van der Waals surface area contributed by atoms with Crippen LogP contribution in [0.1, 0.15) is 0 Å². The Bertz CT molecular complexity index is 224. The second kappa shape index (κ2) is 3.28. The van der Waals surface area contributed by atoms with E-state index in [0.29, 0.717) is 0 Å². The Morgan fingerprint density at radius 3 is 2.67 bits per heavy atom. The van der Waals surface area contributed by atoms with Gasteiger partial charge in [0, 0.05) is 9.64 Å². The molecule has 1 nitrogen and oxygen atoms in total. The molecular weight excluding hydrogens is 246 g/mol. The Hall–Kier alpha value is 0.0500. The average molecular weight is 251 g/mol. The normalized spacial score (nSPS) is 9.89. The molecule has 3 heteroatoms. The van der Waals surface area contributed by atoms with E-state index in [1.165, 1.54) is 0 Å². The fourth-order valence-corrected chi connectivity index (χ4v) is 1.77. The van der Waals surface area contributed by atoms with Crippen molar-refractivity contribution in [2.24, 2.45) is 0 Å². The van der Waals surface area contributed by atoms with E-state index in [1.807, 2.05) is 24.3 Å². The summed E-state index contributed by atoms with van der Waals surface area (Å²) >= 11 is 2.19. The predicted molar refractivity (Wildman–Crippen MR) is 47.8 cm³/mol. The molecule has 0 aliphatic heterocycles. The predicted octanol–water partition coefficient (Wildman–Crippen LogP) is 1.94. The van der Waals surface area contributed by atoms with Gasteiger partial charge >= 0.3 is 8.46 Å². The summed E-state index contributed by atoms with van der Waals surface area (Å²) in [7, 11) is -0.328. The van der Waals surface area contributed by atoms with Gasteiger partial charge in [0.15, 0.2) is 5.30 Å². The van der Waals surface area contributed by atoms with Gasteiger partial charge in [0.1, 0.15) is 0 Å². The lowest BCUT2D eigenvalue weighted by Gasteiger charge is -1.82. The summed E-state index contributed by atoms with van der Waals surface area (Å²) in [6, 6.07) is 7.64. The van der Waals surface area contributed by atoms with Crippen LogP contribution in [-0.2, 0) is 4.57 Å². The number of halogens is 1. The van der Waals surface area contributed by atoms with Crippen LogP contribution in [0, 0.1) is 3.57 Å². The minimum absolute atomic E-state index is 0.328. The van der Waals surface area contributed by atoms with Crippen LogP contribution in [0.4, 0.5) is 0 Å². The van der Waals surface area contributed by atoms with Crippen molar-refractivity contribution in [3.8, 4) is 0 Å². The van der Waals surface area contributed by atoms with Gasteiger partial charge in [-0.05, 0) is 34.7 Å². The molecule has 1 aromatic rings. The molecule has 1 rings (SSSR count). The number of hydrogen-bond acceptors (Lipinski definition) is 1. The molecule has 0 aromatic heterocycles. The third-order valence-electron chi connectivity index (χ3n) is 0.942. The summed E-state index contributed by atoms with van der Waals surface area (Å²) in [5.74, 6) is 0. The van der Waals surface area contributed by atoms with E-state index < -0.39 is 0 Å². The zero-order valence-electron chi connectivity index (χ0n) is 4.60. The van der Waals surface area contributed by atoms with Crippen LogP contribution in [0.15, 0.2) is 24.3 Å². The molecule has 0 spiro atoms. The zero-order valence-corrected chi connectivity index (χ0v) is 7.75. The SMILES string of the molecule is O=[PH+]c1cccc(I)c1. The highest BCUT2D eigenvalue weighted by molar-refractivity contribution is 14.1. The van der Waals surface area contributed by atoms with Gasteiger partial charge in [0.25, 0.3) is 0 Å². The summed E-state index contributed by atoms with van der Waals surface area (Å²) in [5.41, 5.74) is 0. The minimum Gasteiger partial charge on any atom is -0.0707 e. The van der Waals surface area contributed by atoms with Crippen molar-refractivity contribution in [2.45, 2.75) is 0 Å².